The van der Waals surface area contributed by atoms with E-state index in [2.05, 4.69) is 10.2 Å². The molecule has 1 aromatic carbocycles. The summed E-state index contributed by atoms with van der Waals surface area (Å²) in [5.41, 5.74) is 0.361. The van der Waals surface area contributed by atoms with Crippen molar-refractivity contribution in [2.45, 2.75) is 25.8 Å². The average Bonchev–Trinajstić information content (AvgIpc) is 2.32. The Hall–Kier alpha value is -2.20. The van der Waals surface area contributed by atoms with Crippen LogP contribution < -0.4 is 0 Å². The van der Waals surface area contributed by atoms with E-state index in [9.17, 15) is 0 Å². The molecule has 80 valence electrons. The highest BCUT2D eigenvalue weighted by atomic mass is 15.1. The van der Waals surface area contributed by atoms with Crippen molar-refractivity contribution in [3.05, 3.63) is 29.8 Å². The quantitative estimate of drug-likeness (QED) is 0.721. The van der Waals surface area contributed by atoms with Gasteiger partial charge in [0.1, 0.15) is 12.1 Å². The molecular weight excluding hydrogens is 200 g/mol. The van der Waals surface area contributed by atoms with E-state index in [1.54, 1.807) is 13.0 Å². The zero-order valence-corrected chi connectivity index (χ0v) is 9.31. The van der Waals surface area contributed by atoms with Gasteiger partial charge in [0.25, 0.3) is 5.54 Å². The van der Waals surface area contributed by atoms with Gasteiger partial charge in [-0.3, -0.25) is 0 Å². The molecule has 0 heterocycles. The Balaban J connectivity index is 2.97. The van der Waals surface area contributed by atoms with E-state index in [-0.39, 0.29) is 0 Å². The van der Waals surface area contributed by atoms with Gasteiger partial charge in [0, 0.05) is 0 Å². The van der Waals surface area contributed by atoms with E-state index in [0.29, 0.717) is 12.1 Å². The molecule has 1 rings (SSSR count). The molecule has 0 aromatic heterocycles. The molecule has 0 aliphatic heterocycles. The fraction of sp³-hybridized carbons (Fsp3) is 0.333. The van der Waals surface area contributed by atoms with Gasteiger partial charge in [-0.15, -0.1) is 0 Å². The molecule has 0 N–H and O–H groups in total. The van der Waals surface area contributed by atoms with Gasteiger partial charge in [-0.25, -0.2) is 0 Å². The monoisotopic (exact) mass is 212 g/mol. The second-order valence-electron chi connectivity index (χ2n) is 3.48. The second kappa shape index (κ2) is 5.04. The molecule has 0 saturated heterocycles. The Morgan fingerprint density at radius 2 is 2.00 bits per heavy atom. The lowest BCUT2D eigenvalue weighted by atomic mass is 10.0. The highest BCUT2D eigenvalue weighted by molar-refractivity contribution is 5.39. The largest absolute Gasteiger partial charge is 0.252 e. The molecule has 0 aliphatic carbocycles. The van der Waals surface area contributed by atoms with Crippen LogP contribution in [0.25, 0.3) is 0 Å². The number of aryl methyl sites for hydroxylation is 1. The zero-order chi connectivity index (χ0) is 12.0. The van der Waals surface area contributed by atoms with Gasteiger partial charge in [0.15, 0.2) is 0 Å². The van der Waals surface area contributed by atoms with Gasteiger partial charge in [-0.1, -0.05) is 19.1 Å². The summed E-state index contributed by atoms with van der Waals surface area (Å²) in [7, 11) is 0. The summed E-state index contributed by atoms with van der Waals surface area (Å²) in [5.74, 6) is 0. The van der Waals surface area contributed by atoms with E-state index in [1.807, 2.05) is 37.3 Å². The molecular formula is C12H12N4. The molecule has 0 amide bonds. The van der Waals surface area contributed by atoms with Crippen molar-refractivity contribution in [1.82, 2.24) is 0 Å². The summed E-state index contributed by atoms with van der Waals surface area (Å²) in [4.78, 5) is 0. The van der Waals surface area contributed by atoms with Crippen LogP contribution in [-0.4, -0.2) is 5.54 Å². The van der Waals surface area contributed by atoms with E-state index in [0.717, 1.165) is 5.56 Å². The van der Waals surface area contributed by atoms with Gasteiger partial charge in [0.05, 0.1) is 5.69 Å². The molecule has 0 unspecified atom stereocenters. The minimum atomic E-state index is -1.36. The van der Waals surface area contributed by atoms with Crippen molar-refractivity contribution in [1.29, 1.82) is 10.5 Å². The fourth-order valence-corrected chi connectivity index (χ4v) is 1.13. The maximum absolute atomic E-state index is 8.88. The molecule has 0 spiro atoms. The van der Waals surface area contributed by atoms with E-state index in [1.165, 1.54) is 0 Å². The van der Waals surface area contributed by atoms with Crippen LogP contribution in [0.2, 0.25) is 0 Å². The highest BCUT2D eigenvalue weighted by Crippen LogP contribution is 2.19. The number of hydrogen-bond donors (Lipinski definition) is 0. The summed E-state index contributed by atoms with van der Waals surface area (Å²) in [6.07, 6.45) is 0.329. The molecule has 0 aliphatic rings. The maximum atomic E-state index is 8.88. The summed E-state index contributed by atoms with van der Waals surface area (Å²) in [6, 6.07) is 11.2. The predicted octanol–water partition coefficient (Wildman–Crippen LogP) is 3.27. The van der Waals surface area contributed by atoms with Crippen LogP contribution in [0, 0.1) is 29.6 Å². The summed E-state index contributed by atoms with van der Waals surface area (Å²) < 4.78 is 0. The zero-order valence-electron chi connectivity index (χ0n) is 9.31. The standard InChI is InChI=1S/C12H12N4/c1-3-12(8-13,9-14)16-15-11-6-4-5-10(2)7-11/h4-7H,3H2,1-2H3. The number of nitriles is 2. The predicted molar refractivity (Wildman–Crippen MR) is 59.9 cm³/mol. The molecule has 0 fully saturated rings. The van der Waals surface area contributed by atoms with Crippen LogP contribution in [0.3, 0.4) is 0 Å². The molecule has 1 aromatic rings. The fourth-order valence-electron chi connectivity index (χ4n) is 1.13. The normalized spacial score (nSPS) is 11.0. The van der Waals surface area contributed by atoms with Crippen LogP contribution in [0.4, 0.5) is 5.69 Å². The Morgan fingerprint density at radius 1 is 1.31 bits per heavy atom. The van der Waals surface area contributed by atoms with Gasteiger partial charge in [-0.2, -0.15) is 20.8 Å². The topological polar surface area (TPSA) is 72.3 Å². The summed E-state index contributed by atoms with van der Waals surface area (Å²) >= 11 is 0. The summed E-state index contributed by atoms with van der Waals surface area (Å²) in [6.45, 7) is 3.68. The van der Waals surface area contributed by atoms with Gasteiger partial charge in [-0.05, 0) is 31.0 Å². The molecule has 4 heteroatoms. The van der Waals surface area contributed by atoms with Gasteiger partial charge in [0.2, 0.25) is 0 Å². The SMILES string of the molecule is CCC(C#N)(C#N)N=Nc1cccc(C)c1. The van der Waals surface area contributed by atoms with Crippen molar-refractivity contribution in [2.75, 3.05) is 0 Å². The molecule has 0 radical (unpaired) electrons. The number of hydrogen-bond acceptors (Lipinski definition) is 4. The third-order valence-electron chi connectivity index (χ3n) is 2.22. The first-order valence-corrected chi connectivity index (χ1v) is 4.98. The number of benzene rings is 1. The molecule has 0 atom stereocenters. The van der Waals surface area contributed by atoms with E-state index >= 15 is 0 Å². The van der Waals surface area contributed by atoms with Crippen molar-refractivity contribution in [3.8, 4) is 12.1 Å². The molecule has 16 heavy (non-hydrogen) atoms. The van der Waals surface area contributed by atoms with Crippen molar-refractivity contribution in [2.24, 2.45) is 10.2 Å². The number of rotatable bonds is 3. The van der Waals surface area contributed by atoms with Crippen LogP contribution in [0.5, 0.6) is 0 Å². The van der Waals surface area contributed by atoms with Crippen LogP contribution in [0.1, 0.15) is 18.9 Å². The molecule has 0 bridgehead atoms. The van der Waals surface area contributed by atoms with Crippen LogP contribution in [0.15, 0.2) is 34.5 Å². The third-order valence-corrected chi connectivity index (χ3v) is 2.22. The second-order valence-corrected chi connectivity index (χ2v) is 3.48. The Morgan fingerprint density at radius 3 is 2.50 bits per heavy atom. The lowest BCUT2D eigenvalue weighted by Crippen LogP contribution is -2.19. The van der Waals surface area contributed by atoms with E-state index in [4.69, 9.17) is 10.5 Å². The first-order valence-electron chi connectivity index (χ1n) is 4.98. The Bertz CT molecular complexity index is 463. The van der Waals surface area contributed by atoms with Gasteiger partial charge >= 0.3 is 0 Å². The first-order chi connectivity index (χ1) is 7.65. The Kier molecular flexibility index (Phi) is 3.74. The van der Waals surface area contributed by atoms with Crippen molar-refractivity contribution >= 4 is 5.69 Å². The average molecular weight is 212 g/mol. The van der Waals surface area contributed by atoms with Crippen LogP contribution >= 0.6 is 0 Å². The van der Waals surface area contributed by atoms with Crippen LogP contribution in [-0.2, 0) is 0 Å². The number of azo groups is 1. The number of nitrogens with zero attached hydrogens (tertiary/aromatic N) is 4. The highest BCUT2D eigenvalue weighted by Gasteiger charge is 2.27. The third kappa shape index (κ3) is 2.65. The maximum Gasteiger partial charge on any atom is 0.252 e. The molecule has 4 nitrogen and oxygen atoms in total. The summed E-state index contributed by atoms with van der Waals surface area (Å²) in [5, 5.41) is 25.5. The Labute approximate surface area is 94.9 Å². The van der Waals surface area contributed by atoms with E-state index < -0.39 is 5.54 Å². The minimum absolute atomic E-state index is 0.329. The van der Waals surface area contributed by atoms with Crippen molar-refractivity contribution in [3.63, 3.8) is 0 Å². The smallest absolute Gasteiger partial charge is 0.194 e. The van der Waals surface area contributed by atoms with Crippen molar-refractivity contribution < 1.29 is 0 Å². The van der Waals surface area contributed by atoms with Gasteiger partial charge < -0.3 is 0 Å². The first kappa shape index (κ1) is 11.9. The molecule has 0 saturated carbocycles. The lowest BCUT2D eigenvalue weighted by Gasteiger charge is -2.07. The lowest BCUT2D eigenvalue weighted by molar-refractivity contribution is 0.627. The minimum Gasteiger partial charge on any atom is -0.194 e.